The minimum atomic E-state index is 0.540. The van der Waals surface area contributed by atoms with E-state index in [1.807, 2.05) is 0 Å². The van der Waals surface area contributed by atoms with Gasteiger partial charge in [-0.15, -0.1) is 0 Å². The summed E-state index contributed by atoms with van der Waals surface area (Å²) in [5.74, 6) is 0. The molecule has 1 aliphatic heterocycles. The van der Waals surface area contributed by atoms with Gasteiger partial charge in [0.15, 0.2) is 0 Å². The lowest BCUT2D eigenvalue weighted by Crippen LogP contribution is -2.41. The fourth-order valence-electron chi connectivity index (χ4n) is 1.80. The summed E-state index contributed by atoms with van der Waals surface area (Å²) < 4.78 is 6.73. The largest absolute Gasteiger partial charge is 0.379 e. The Morgan fingerprint density at radius 3 is 2.80 bits per heavy atom. The lowest BCUT2D eigenvalue weighted by Gasteiger charge is -2.23. The molecule has 1 saturated heterocycles. The second kappa shape index (κ2) is 5.82. The number of benzene rings is 1. The number of halogens is 1. The molecule has 0 bridgehead atoms. The molecule has 1 N–H and O–H groups in total. The Labute approximate surface area is 105 Å². The molecule has 0 radical (unpaired) electrons. The van der Waals surface area contributed by atoms with E-state index >= 15 is 0 Å². The van der Waals surface area contributed by atoms with Crippen LogP contribution in [0.5, 0.6) is 0 Å². The zero-order valence-electron chi connectivity index (χ0n) is 8.71. The van der Waals surface area contributed by atoms with Gasteiger partial charge in [0.25, 0.3) is 0 Å². The van der Waals surface area contributed by atoms with Crippen molar-refractivity contribution < 1.29 is 4.74 Å². The summed E-state index contributed by atoms with van der Waals surface area (Å²) in [7, 11) is 0. The number of nitrogens with one attached hydrogen (secondary N) is 1. The van der Waals surface area contributed by atoms with Gasteiger partial charge in [0.05, 0.1) is 13.2 Å². The van der Waals surface area contributed by atoms with Gasteiger partial charge in [-0.05, 0) is 53.1 Å². The van der Waals surface area contributed by atoms with Gasteiger partial charge in [0, 0.05) is 16.2 Å². The van der Waals surface area contributed by atoms with Crippen molar-refractivity contribution in [3.8, 4) is 0 Å². The molecule has 1 atom stereocenters. The Morgan fingerprint density at radius 1 is 1.33 bits per heavy atom. The highest BCUT2D eigenvalue weighted by Crippen LogP contribution is 2.10. The number of morpholine rings is 1. The third-order valence-electron chi connectivity index (χ3n) is 2.69. The fourth-order valence-corrected chi connectivity index (χ4v) is 2.16. The van der Waals surface area contributed by atoms with Crippen LogP contribution in [0.2, 0.25) is 0 Å². The van der Waals surface area contributed by atoms with Crippen molar-refractivity contribution in [1.29, 1.82) is 0 Å². The van der Waals surface area contributed by atoms with Crippen molar-refractivity contribution in [3.63, 3.8) is 0 Å². The zero-order valence-corrected chi connectivity index (χ0v) is 10.9. The summed E-state index contributed by atoms with van der Waals surface area (Å²) >= 11 is 2.34. The molecule has 0 spiro atoms. The van der Waals surface area contributed by atoms with Gasteiger partial charge in [0.1, 0.15) is 0 Å². The molecule has 2 rings (SSSR count). The second-order valence-electron chi connectivity index (χ2n) is 3.89. The van der Waals surface area contributed by atoms with E-state index < -0.39 is 0 Å². The first-order valence-corrected chi connectivity index (χ1v) is 6.48. The molecule has 0 aliphatic carbocycles. The maximum absolute atomic E-state index is 5.43. The Bertz CT molecular complexity index is 293. The number of hydrogen-bond donors (Lipinski definition) is 1. The zero-order chi connectivity index (χ0) is 10.5. The summed E-state index contributed by atoms with van der Waals surface area (Å²) in [5, 5.41) is 3.47. The minimum Gasteiger partial charge on any atom is -0.379 e. The summed E-state index contributed by atoms with van der Waals surface area (Å²) in [5.41, 5.74) is 1.42. The predicted octanol–water partition coefficient (Wildman–Crippen LogP) is 2.21. The average Bonchev–Trinajstić information content (AvgIpc) is 2.30. The quantitative estimate of drug-likeness (QED) is 0.863. The first-order valence-electron chi connectivity index (χ1n) is 5.40. The number of hydrogen-bond acceptors (Lipinski definition) is 2. The van der Waals surface area contributed by atoms with Crippen molar-refractivity contribution in [2.45, 2.75) is 18.9 Å². The summed E-state index contributed by atoms with van der Waals surface area (Å²) in [6, 6.07) is 9.30. The van der Waals surface area contributed by atoms with Gasteiger partial charge in [-0.2, -0.15) is 0 Å². The van der Waals surface area contributed by atoms with Crippen LogP contribution >= 0.6 is 22.6 Å². The summed E-state index contributed by atoms with van der Waals surface area (Å²) in [6.45, 7) is 2.72. The van der Waals surface area contributed by atoms with Gasteiger partial charge in [-0.25, -0.2) is 0 Å². The van der Waals surface area contributed by atoms with Crippen molar-refractivity contribution >= 4 is 22.6 Å². The average molecular weight is 317 g/mol. The van der Waals surface area contributed by atoms with Gasteiger partial charge in [-0.3, -0.25) is 0 Å². The van der Waals surface area contributed by atoms with E-state index in [0.29, 0.717) is 6.04 Å². The van der Waals surface area contributed by atoms with Crippen LogP contribution < -0.4 is 5.32 Å². The van der Waals surface area contributed by atoms with Crippen LogP contribution in [0.3, 0.4) is 0 Å². The molecule has 0 aromatic heterocycles. The van der Waals surface area contributed by atoms with E-state index in [-0.39, 0.29) is 0 Å². The topological polar surface area (TPSA) is 21.3 Å². The molecule has 2 nitrogen and oxygen atoms in total. The number of ether oxygens (including phenoxy) is 1. The molecule has 15 heavy (non-hydrogen) atoms. The van der Waals surface area contributed by atoms with Crippen LogP contribution in [-0.4, -0.2) is 25.8 Å². The van der Waals surface area contributed by atoms with Gasteiger partial charge in [-0.1, -0.05) is 12.1 Å². The monoisotopic (exact) mass is 317 g/mol. The Morgan fingerprint density at radius 2 is 2.13 bits per heavy atom. The molecule has 3 heteroatoms. The van der Waals surface area contributed by atoms with Crippen molar-refractivity contribution in [3.05, 3.63) is 33.4 Å². The predicted molar refractivity (Wildman–Crippen MR) is 70.1 cm³/mol. The SMILES string of the molecule is Ic1ccc(CCC2COCCN2)cc1. The first-order chi connectivity index (χ1) is 7.34. The third-order valence-corrected chi connectivity index (χ3v) is 3.41. The number of rotatable bonds is 3. The molecule has 1 aromatic rings. The van der Waals surface area contributed by atoms with Gasteiger partial charge < -0.3 is 10.1 Å². The highest BCUT2D eigenvalue weighted by molar-refractivity contribution is 14.1. The van der Waals surface area contributed by atoms with Crippen LogP contribution in [0, 0.1) is 3.57 Å². The van der Waals surface area contributed by atoms with Gasteiger partial charge >= 0.3 is 0 Å². The Kier molecular flexibility index (Phi) is 4.41. The van der Waals surface area contributed by atoms with Crippen molar-refractivity contribution in [2.75, 3.05) is 19.8 Å². The number of aryl methyl sites for hydroxylation is 1. The normalized spacial score (nSPS) is 21.5. The van der Waals surface area contributed by atoms with Crippen LogP contribution in [0.15, 0.2) is 24.3 Å². The van der Waals surface area contributed by atoms with Crippen molar-refractivity contribution in [1.82, 2.24) is 5.32 Å². The lowest BCUT2D eigenvalue weighted by molar-refractivity contribution is 0.0743. The smallest absolute Gasteiger partial charge is 0.0620 e. The summed E-state index contributed by atoms with van der Waals surface area (Å²) in [4.78, 5) is 0. The maximum Gasteiger partial charge on any atom is 0.0620 e. The molecule has 0 saturated carbocycles. The lowest BCUT2D eigenvalue weighted by atomic mass is 10.1. The van der Waals surface area contributed by atoms with E-state index in [1.165, 1.54) is 15.6 Å². The molecule has 82 valence electrons. The molecular formula is C12H16INO. The van der Waals surface area contributed by atoms with E-state index in [1.54, 1.807) is 0 Å². The highest BCUT2D eigenvalue weighted by atomic mass is 127. The van der Waals surface area contributed by atoms with Crippen LogP contribution in [0.1, 0.15) is 12.0 Å². The standard InChI is InChI=1S/C12H16INO/c13-11-4-1-10(2-5-11)3-6-12-9-15-8-7-14-12/h1-2,4-5,12,14H,3,6-9H2. The Hall–Kier alpha value is -0.130. The van der Waals surface area contributed by atoms with E-state index in [0.717, 1.165) is 26.2 Å². The second-order valence-corrected chi connectivity index (χ2v) is 5.14. The van der Waals surface area contributed by atoms with E-state index in [9.17, 15) is 0 Å². The molecule has 0 amide bonds. The van der Waals surface area contributed by atoms with Crippen LogP contribution in [0.4, 0.5) is 0 Å². The molecule has 1 aromatic carbocycles. The molecule has 1 aliphatic rings. The third kappa shape index (κ3) is 3.74. The molecule has 1 heterocycles. The first kappa shape index (κ1) is 11.4. The van der Waals surface area contributed by atoms with Crippen molar-refractivity contribution in [2.24, 2.45) is 0 Å². The Balaban J connectivity index is 1.79. The van der Waals surface area contributed by atoms with Crippen LogP contribution in [0.25, 0.3) is 0 Å². The molecule has 1 unspecified atom stereocenters. The van der Waals surface area contributed by atoms with E-state index in [4.69, 9.17) is 4.74 Å². The molecular weight excluding hydrogens is 301 g/mol. The van der Waals surface area contributed by atoms with Gasteiger partial charge in [0.2, 0.25) is 0 Å². The minimum absolute atomic E-state index is 0.540. The highest BCUT2D eigenvalue weighted by Gasteiger charge is 2.12. The summed E-state index contributed by atoms with van der Waals surface area (Å²) in [6.07, 6.45) is 2.30. The fraction of sp³-hybridized carbons (Fsp3) is 0.500. The van der Waals surface area contributed by atoms with E-state index in [2.05, 4.69) is 52.2 Å². The molecule has 1 fully saturated rings. The maximum atomic E-state index is 5.43. The van der Waals surface area contributed by atoms with Crippen LogP contribution in [-0.2, 0) is 11.2 Å².